The molecule has 1 saturated heterocycles. The van der Waals surface area contributed by atoms with Crippen LogP contribution < -0.4 is 0 Å². The average molecular weight is 250 g/mol. The molecule has 2 heterocycles. The van der Waals surface area contributed by atoms with Crippen LogP contribution >= 0.6 is 0 Å². The van der Waals surface area contributed by atoms with Gasteiger partial charge in [-0.1, -0.05) is 24.3 Å². The van der Waals surface area contributed by atoms with Crippen molar-refractivity contribution in [2.24, 2.45) is 5.92 Å². The zero-order chi connectivity index (χ0) is 13.0. The van der Waals surface area contributed by atoms with Crippen LogP contribution in [0.3, 0.4) is 0 Å². The fourth-order valence-electron chi connectivity index (χ4n) is 2.95. The summed E-state index contributed by atoms with van der Waals surface area (Å²) in [4.78, 5) is 11.0. The third kappa shape index (κ3) is 2.91. The molecule has 1 N–H and O–H groups in total. The third-order valence-corrected chi connectivity index (χ3v) is 3.63. The van der Waals surface area contributed by atoms with E-state index in [2.05, 4.69) is 29.2 Å². The number of allylic oxidation sites excluding steroid dienone is 6. The van der Waals surface area contributed by atoms with Gasteiger partial charge < -0.3 is 10.1 Å². The molecule has 0 saturated carbocycles. The third-order valence-electron chi connectivity index (χ3n) is 3.63. The van der Waals surface area contributed by atoms with Crippen molar-refractivity contribution in [1.82, 2.24) is 4.90 Å². The van der Waals surface area contributed by atoms with Gasteiger partial charge in [0, 0.05) is 24.7 Å². The van der Waals surface area contributed by atoms with Crippen molar-refractivity contribution in [2.75, 3.05) is 13.1 Å². The topological polar surface area (TPSA) is 66.6 Å². The van der Waals surface area contributed by atoms with Crippen molar-refractivity contribution < 1.29 is 10.3 Å². The van der Waals surface area contributed by atoms with Crippen molar-refractivity contribution in [3.8, 4) is 0 Å². The molecule has 5 heteroatoms. The summed E-state index contributed by atoms with van der Waals surface area (Å²) in [6, 6.07) is 0. The Morgan fingerprint density at radius 3 is 2.83 bits per heavy atom. The van der Waals surface area contributed by atoms with Crippen molar-refractivity contribution in [2.45, 2.75) is 25.7 Å². The van der Waals surface area contributed by atoms with E-state index in [1.807, 2.05) is 0 Å². The van der Waals surface area contributed by atoms with Gasteiger partial charge in [-0.05, 0) is 31.3 Å². The smallest absolute Gasteiger partial charge is 0.291 e. The van der Waals surface area contributed by atoms with Crippen molar-refractivity contribution in [3.05, 3.63) is 45.7 Å². The second kappa shape index (κ2) is 5.71. The van der Waals surface area contributed by atoms with E-state index >= 15 is 0 Å². The molecule has 1 unspecified atom stereocenters. The minimum atomic E-state index is -1.50. The first-order chi connectivity index (χ1) is 8.68. The number of hydrogen-bond donors (Lipinski definition) is 1. The molecule has 0 spiro atoms. The summed E-state index contributed by atoms with van der Waals surface area (Å²) in [6.07, 6.45) is 14.5. The van der Waals surface area contributed by atoms with E-state index < -0.39 is 5.09 Å². The first kappa shape index (κ1) is 12.7. The van der Waals surface area contributed by atoms with Gasteiger partial charge in [-0.2, -0.15) is 0 Å². The SMILES string of the molecule is C1=CC2=C3CCCN3CCCC2C=C1.O=[N+]([O-])O. The molecule has 2 aliphatic heterocycles. The molecule has 0 aromatic heterocycles. The molecule has 3 aliphatic rings. The van der Waals surface area contributed by atoms with E-state index in [-0.39, 0.29) is 0 Å². The Morgan fingerprint density at radius 2 is 2.06 bits per heavy atom. The van der Waals surface area contributed by atoms with Crippen LogP contribution in [0, 0.1) is 16.0 Å². The van der Waals surface area contributed by atoms with Crippen LogP contribution in [0.5, 0.6) is 0 Å². The quantitative estimate of drug-likeness (QED) is 0.530. The lowest BCUT2D eigenvalue weighted by molar-refractivity contribution is -0.742. The summed E-state index contributed by atoms with van der Waals surface area (Å²) in [5, 5.41) is 13.6. The summed E-state index contributed by atoms with van der Waals surface area (Å²) in [5.74, 6) is 0.720. The van der Waals surface area contributed by atoms with Crippen LogP contribution in [0.1, 0.15) is 25.7 Å². The molecule has 1 fully saturated rings. The highest BCUT2D eigenvalue weighted by Gasteiger charge is 2.26. The first-order valence-corrected chi connectivity index (χ1v) is 6.34. The molecule has 0 radical (unpaired) electrons. The predicted molar refractivity (Wildman–Crippen MR) is 67.6 cm³/mol. The van der Waals surface area contributed by atoms with Crippen molar-refractivity contribution in [1.29, 1.82) is 0 Å². The van der Waals surface area contributed by atoms with Crippen LogP contribution in [-0.4, -0.2) is 28.3 Å². The fourth-order valence-corrected chi connectivity index (χ4v) is 2.95. The zero-order valence-electron chi connectivity index (χ0n) is 10.3. The molecule has 1 aliphatic carbocycles. The molecule has 1 atom stereocenters. The number of nitrogens with zero attached hydrogens (tertiary/aromatic N) is 2. The Labute approximate surface area is 106 Å². The summed E-state index contributed by atoms with van der Waals surface area (Å²) in [5.41, 5.74) is 3.26. The standard InChI is InChI=1S/C13H17N.HNO3/c1-2-7-12-11(5-1)6-3-9-14-10-4-8-13(12)14;2-1(3)4/h1-2,5,7,11H,3-4,6,8-10H2;(H,2,3,4). The Hall–Kier alpha value is -1.78. The predicted octanol–water partition coefficient (Wildman–Crippen LogP) is 2.52. The van der Waals surface area contributed by atoms with Crippen LogP contribution in [0.2, 0.25) is 0 Å². The Kier molecular flexibility index (Phi) is 4.02. The summed E-state index contributed by atoms with van der Waals surface area (Å²) in [7, 11) is 0. The lowest BCUT2D eigenvalue weighted by Crippen LogP contribution is -2.18. The maximum absolute atomic E-state index is 8.36. The number of fused-ring (bicyclic) bond motifs is 2. The van der Waals surface area contributed by atoms with Gasteiger partial charge in [-0.25, -0.2) is 0 Å². The van der Waals surface area contributed by atoms with Crippen molar-refractivity contribution in [3.63, 3.8) is 0 Å². The van der Waals surface area contributed by atoms with E-state index in [1.54, 1.807) is 11.3 Å². The number of rotatable bonds is 0. The molecule has 0 bridgehead atoms. The summed E-state index contributed by atoms with van der Waals surface area (Å²) in [6.45, 7) is 2.58. The lowest BCUT2D eigenvalue weighted by atomic mass is 9.89. The van der Waals surface area contributed by atoms with Crippen LogP contribution in [0.25, 0.3) is 0 Å². The highest BCUT2D eigenvalue weighted by molar-refractivity contribution is 5.38. The molecular formula is C13H18N2O3. The minimum Gasteiger partial charge on any atom is -0.375 e. The lowest BCUT2D eigenvalue weighted by Gasteiger charge is -2.21. The molecule has 0 aromatic carbocycles. The van der Waals surface area contributed by atoms with E-state index in [0.717, 1.165) is 5.92 Å². The molecule has 98 valence electrons. The maximum Gasteiger partial charge on any atom is 0.291 e. The Morgan fingerprint density at radius 1 is 1.33 bits per heavy atom. The highest BCUT2D eigenvalue weighted by atomic mass is 16.9. The molecule has 3 rings (SSSR count). The summed E-state index contributed by atoms with van der Waals surface area (Å²) >= 11 is 0. The van der Waals surface area contributed by atoms with Crippen LogP contribution in [0.15, 0.2) is 35.6 Å². The minimum absolute atomic E-state index is 0.720. The van der Waals surface area contributed by atoms with Crippen molar-refractivity contribution >= 4 is 0 Å². The van der Waals surface area contributed by atoms with Gasteiger partial charge in [0.15, 0.2) is 0 Å². The van der Waals surface area contributed by atoms with Gasteiger partial charge in [0.1, 0.15) is 0 Å². The second-order valence-corrected chi connectivity index (χ2v) is 4.72. The molecular weight excluding hydrogens is 232 g/mol. The molecule has 5 nitrogen and oxygen atoms in total. The van der Waals surface area contributed by atoms with E-state index in [1.165, 1.54) is 38.8 Å². The Bertz CT molecular complexity index is 408. The fraction of sp³-hybridized carbons (Fsp3) is 0.538. The normalized spacial score (nSPS) is 24.9. The van der Waals surface area contributed by atoms with Gasteiger partial charge in [0.05, 0.1) is 0 Å². The van der Waals surface area contributed by atoms with E-state index in [4.69, 9.17) is 15.3 Å². The van der Waals surface area contributed by atoms with E-state index in [0.29, 0.717) is 0 Å². The monoisotopic (exact) mass is 250 g/mol. The van der Waals surface area contributed by atoms with E-state index in [9.17, 15) is 0 Å². The maximum atomic E-state index is 8.36. The second-order valence-electron chi connectivity index (χ2n) is 4.72. The molecule has 0 amide bonds. The van der Waals surface area contributed by atoms with Gasteiger partial charge in [-0.15, -0.1) is 10.1 Å². The molecule has 18 heavy (non-hydrogen) atoms. The first-order valence-electron chi connectivity index (χ1n) is 6.34. The van der Waals surface area contributed by atoms with Gasteiger partial charge >= 0.3 is 0 Å². The van der Waals surface area contributed by atoms with Crippen LogP contribution in [-0.2, 0) is 0 Å². The zero-order valence-corrected chi connectivity index (χ0v) is 10.3. The number of hydrogen-bond acceptors (Lipinski definition) is 3. The van der Waals surface area contributed by atoms with Gasteiger partial charge in [0.2, 0.25) is 0 Å². The van der Waals surface area contributed by atoms with Gasteiger partial charge in [0.25, 0.3) is 5.09 Å². The largest absolute Gasteiger partial charge is 0.375 e. The van der Waals surface area contributed by atoms with Gasteiger partial charge in [-0.3, -0.25) is 0 Å². The highest BCUT2D eigenvalue weighted by Crippen LogP contribution is 2.35. The average Bonchev–Trinajstić information content (AvgIpc) is 2.71. The summed E-state index contributed by atoms with van der Waals surface area (Å²) < 4.78 is 0. The van der Waals surface area contributed by atoms with Crippen LogP contribution in [0.4, 0.5) is 0 Å². The Balaban J connectivity index is 0.000000267. The molecule has 0 aromatic rings.